The van der Waals surface area contributed by atoms with Crippen LogP contribution in [0.5, 0.6) is 0 Å². The van der Waals surface area contributed by atoms with Crippen molar-refractivity contribution < 1.29 is 29.9 Å². The van der Waals surface area contributed by atoms with Crippen LogP contribution in [0.4, 0.5) is 0 Å². The Morgan fingerprint density at radius 2 is 1.81 bits per heavy atom. The lowest BCUT2D eigenvalue weighted by atomic mass is 9.99. The summed E-state index contributed by atoms with van der Waals surface area (Å²) in [5.41, 5.74) is 5.27. The normalized spacial score (nSPS) is 39.9. The summed E-state index contributed by atoms with van der Waals surface area (Å²) in [6.45, 7) is 0.262. The van der Waals surface area contributed by atoms with Gasteiger partial charge in [-0.05, 0) is 13.0 Å². The minimum Gasteiger partial charge on any atom is -0.394 e. The summed E-state index contributed by atoms with van der Waals surface area (Å²) in [7, 11) is 0. The van der Waals surface area contributed by atoms with E-state index in [-0.39, 0.29) is 6.61 Å². The fourth-order valence-corrected chi connectivity index (χ4v) is 1.49. The highest BCUT2D eigenvalue weighted by Crippen LogP contribution is 2.21. The molecule has 96 valence electrons. The fraction of sp³-hybridized carbons (Fsp3) is 1.00. The summed E-state index contributed by atoms with van der Waals surface area (Å²) in [5, 5.41) is 37.4. The second kappa shape index (κ2) is 6.45. The third-order valence-corrected chi connectivity index (χ3v) is 2.48. The molecule has 6 N–H and O–H groups in total. The number of hydrogen-bond acceptors (Lipinski definition) is 7. The van der Waals surface area contributed by atoms with E-state index in [1.165, 1.54) is 0 Å². The number of aliphatic hydroxyl groups excluding tert-OH is 4. The van der Waals surface area contributed by atoms with E-state index in [9.17, 15) is 15.3 Å². The van der Waals surface area contributed by atoms with Gasteiger partial charge < -0.3 is 35.6 Å². The van der Waals surface area contributed by atoms with Gasteiger partial charge in [-0.3, -0.25) is 0 Å². The summed E-state index contributed by atoms with van der Waals surface area (Å²) in [6, 6.07) is 0. The van der Waals surface area contributed by atoms with E-state index in [4.69, 9.17) is 20.3 Å². The Kier molecular flexibility index (Phi) is 5.56. The van der Waals surface area contributed by atoms with E-state index in [1.807, 2.05) is 0 Å². The maximum absolute atomic E-state index is 9.55. The maximum Gasteiger partial charge on any atom is 0.186 e. The highest BCUT2D eigenvalue weighted by atomic mass is 16.7. The first kappa shape index (κ1) is 13.8. The number of rotatable bonds is 5. The summed E-state index contributed by atoms with van der Waals surface area (Å²) in [4.78, 5) is 0. The largest absolute Gasteiger partial charge is 0.394 e. The quantitative estimate of drug-likeness (QED) is 0.326. The molecule has 0 radical (unpaired) electrons. The van der Waals surface area contributed by atoms with Gasteiger partial charge in [0.25, 0.3) is 0 Å². The van der Waals surface area contributed by atoms with E-state index in [1.54, 1.807) is 0 Å². The lowest BCUT2D eigenvalue weighted by molar-refractivity contribution is -0.301. The highest BCUT2D eigenvalue weighted by molar-refractivity contribution is 4.88. The second-order valence-corrected chi connectivity index (χ2v) is 3.71. The van der Waals surface area contributed by atoms with E-state index >= 15 is 0 Å². The molecule has 0 saturated carbocycles. The van der Waals surface area contributed by atoms with Gasteiger partial charge in [0.1, 0.15) is 24.4 Å². The number of hydrogen-bond donors (Lipinski definition) is 5. The van der Waals surface area contributed by atoms with Crippen molar-refractivity contribution >= 4 is 0 Å². The van der Waals surface area contributed by atoms with Crippen molar-refractivity contribution in [2.75, 3.05) is 19.8 Å². The van der Waals surface area contributed by atoms with Crippen molar-refractivity contribution in [3.05, 3.63) is 0 Å². The Balaban J connectivity index is 2.50. The van der Waals surface area contributed by atoms with Gasteiger partial charge in [0.05, 0.1) is 13.2 Å². The van der Waals surface area contributed by atoms with Crippen LogP contribution in [0.25, 0.3) is 0 Å². The molecule has 0 aromatic rings. The molecule has 0 aromatic heterocycles. The molecule has 1 heterocycles. The van der Waals surface area contributed by atoms with Crippen molar-refractivity contribution in [3.8, 4) is 0 Å². The zero-order valence-electron chi connectivity index (χ0n) is 8.90. The SMILES string of the molecule is NCCCO[C@@H]1OC(CO)[C@@H](O)C(O)C1O. The third kappa shape index (κ3) is 3.11. The van der Waals surface area contributed by atoms with Crippen molar-refractivity contribution in [2.24, 2.45) is 5.73 Å². The standard InChI is InChI=1S/C9H19NO6/c10-2-1-3-15-9-8(14)7(13)6(12)5(4-11)16-9/h5-9,11-14H,1-4,10H2/t5?,6-,7?,8?,9-/m1/s1. The van der Waals surface area contributed by atoms with Gasteiger partial charge in [-0.25, -0.2) is 0 Å². The number of ether oxygens (including phenoxy) is 2. The molecule has 0 aliphatic carbocycles. The van der Waals surface area contributed by atoms with Gasteiger partial charge in [0.2, 0.25) is 0 Å². The average Bonchev–Trinajstić information content (AvgIpc) is 2.29. The van der Waals surface area contributed by atoms with Crippen molar-refractivity contribution in [3.63, 3.8) is 0 Å². The maximum atomic E-state index is 9.55. The lowest BCUT2D eigenvalue weighted by Crippen LogP contribution is -2.59. The Labute approximate surface area is 93.4 Å². The summed E-state index contributed by atoms with van der Waals surface area (Å²) < 4.78 is 10.3. The van der Waals surface area contributed by atoms with Crippen LogP contribution >= 0.6 is 0 Å². The molecule has 0 amide bonds. The van der Waals surface area contributed by atoms with Gasteiger partial charge in [0.15, 0.2) is 6.29 Å². The number of aliphatic hydroxyl groups is 4. The molecule has 16 heavy (non-hydrogen) atoms. The van der Waals surface area contributed by atoms with E-state index < -0.39 is 37.3 Å². The van der Waals surface area contributed by atoms with Gasteiger partial charge in [0, 0.05) is 0 Å². The molecular formula is C9H19NO6. The molecule has 0 spiro atoms. The number of nitrogens with two attached hydrogens (primary N) is 1. The van der Waals surface area contributed by atoms with Gasteiger partial charge in [-0.2, -0.15) is 0 Å². The predicted molar refractivity (Wildman–Crippen MR) is 53.4 cm³/mol. The summed E-state index contributed by atoms with van der Waals surface area (Å²) in [5.74, 6) is 0. The van der Waals surface area contributed by atoms with Crippen molar-refractivity contribution in [2.45, 2.75) is 37.1 Å². The molecule has 0 bridgehead atoms. The second-order valence-electron chi connectivity index (χ2n) is 3.71. The molecular weight excluding hydrogens is 218 g/mol. The molecule has 1 rings (SSSR count). The molecule has 1 aliphatic heterocycles. The molecule has 0 aromatic carbocycles. The topological polar surface area (TPSA) is 125 Å². The lowest BCUT2D eigenvalue weighted by Gasteiger charge is -2.39. The van der Waals surface area contributed by atoms with Gasteiger partial charge in [-0.15, -0.1) is 0 Å². The van der Waals surface area contributed by atoms with E-state index in [0.29, 0.717) is 13.0 Å². The third-order valence-electron chi connectivity index (χ3n) is 2.48. The van der Waals surface area contributed by atoms with E-state index in [0.717, 1.165) is 0 Å². The minimum absolute atomic E-state index is 0.277. The van der Waals surface area contributed by atoms with Crippen LogP contribution in [0.3, 0.4) is 0 Å². The predicted octanol–water partition coefficient (Wildman–Crippen LogP) is -2.85. The molecule has 1 aliphatic rings. The summed E-state index contributed by atoms with van der Waals surface area (Å²) in [6.07, 6.45) is -5.48. The van der Waals surface area contributed by atoms with Crippen LogP contribution in [0.1, 0.15) is 6.42 Å². The molecule has 7 nitrogen and oxygen atoms in total. The van der Waals surface area contributed by atoms with Gasteiger partial charge in [-0.1, -0.05) is 0 Å². The van der Waals surface area contributed by atoms with Crippen LogP contribution in [0.2, 0.25) is 0 Å². The van der Waals surface area contributed by atoms with Crippen LogP contribution < -0.4 is 5.73 Å². The zero-order valence-corrected chi connectivity index (χ0v) is 8.90. The van der Waals surface area contributed by atoms with Crippen LogP contribution in [-0.4, -0.2) is 70.9 Å². The van der Waals surface area contributed by atoms with Crippen molar-refractivity contribution in [1.29, 1.82) is 0 Å². The van der Waals surface area contributed by atoms with Gasteiger partial charge >= 0.3 is 0 Å². The highest BCUT2D eigenvalue weighted by Gasteiger charge is 2.43. The molecule has 1 fully saturated rings. The fourth-order valence-electron chi connectivity index (χ4n) is 1.49. The Hall–Kier alpha value is -0.280. The Morgan fingerprint density at radius 3 is 2.38 bits per heavy atom. The molecule has 5 atom stereocenters. The first-order valence-electron chi connectivity index (χ1n) is 5.24. The molecule has 3 unspecified atom stereocenters. The average molecular weight is 237 g/mol. The smallest absolute Gasteiger partial charge is 0.186 e. The Bertz CT molecular complexity index is 202. The minimum atomic E-state index is -1.39. The zero-order chi connectivity index (χ0) is 12.1. The molecule has 7 heteroatoms. The first-order chi connectivity index (χ1) is 7.61. The van der Waals surface area contributed by atoms with Crippen LogP contribution in [0, 0.1) is 0 Å². The molecule has 1 saturated heterocycles. The Morgan fingerprint density at radius 1 is 1.12 bits per heavy atom. The van der Waals surface area contributed by atoms with Crippen molar-refractivity contribution in [1.82, 2.24) is 0 Å². The first-order valence-corrected chi connectivity index (χ1v) is 5.24. The van der Waals surface area contributed by atoms with E-state index in [2.05, 4.69) is 0 Å². The monoisotopic (exact) mass is 237 g/mol. The van der Waals surface area contributed by atoms with Crippen LogP contribution in [0.15, 0.2) is 0 Å². The van der Waals surface area contributed by atoms with Crippen LogP contribution in [-0.2, 0) is 9.47 Å². The summed E-state index contributed by atoms with van der Waals surface area (Å²) >= 11 is 0.